The van der Waals surface area contributed by atoms with Crippen molar-refractivity contribution in [2.75, 3.05) is 0 Å². The van der Waals surface area contributed by atoms with Crippen molar-refractivity contribution in [2.45, 2.75) is 4.90 Å². The van der Waals surface area contributed by atoms with Gasteiger partial charge >= 0.3 is 0 Å². The van der Waals surface area contributed by atoms with Crippen molar-refractivity contribution in [2.24, 2.45) is 0 Å². The second kappa shape index (κ2) is 3.80. The first-order valence-electron chi connectivity index (χ1n) is 3.16. The molecule has 0 bridgehead atoms. The molecule has 5 heteroatoms. The lowest BCUT2D eigenvalue weighted by Gasteiger charge is -1.88. The minimum absolute atomic E-state index is 0.250. The molecule has 0 aliphatic rings. The lowest BCUT2D eigenvalue weighted by atomic mass is 10.2. The number of hydrogen-bond acceptors (Lipinski definition) is 2. The molecule has 0 aliphatic heterocycles. The topological polar surface area (TPSA) is 70.5 Å². The molecule has 0 radical (unpaired) electrons. The van der Waals surface area contributed by atoms with Gasteiger partial charge in [0.2, 0.25) is 0 Å². The van der Waals surface area contributed by atoms with E-state index in [1.165, 1.54) is 18.3 Å². The minimum Gasteiger partial charge on any atom is -0.361 e. The van der Waals surface area contributed by atoms with Gasteiger partial charge in [-0.25, -0.2) is 8.42 Å². The molecule has 0 aromatic heterocycles. The van der Waals surface area contributed by atoms with Crippen LogP contribution in [-0.2, 0) is 10.7 Å². The van der Waals surface area contributed by atoms with Gasteiger partial charge < -0.3 is 5.53 Å². The fourth-order valence-corrected chi connectivity index (χ4v) is 1.14. The Morgan fingerprint density at radius 3 is 2.25 bits per heavy atom. The normalized spacial score (nSPS) is 9.42. The van der Waals surface area contributed by atoms with Crippen molar-refractivity contribution < 1.29 is 13.2 Å². The van der Waals surface area contributed by atoms with E-state index in [0.717, 1.165) is 0 Å². The van der Waals surface area contributed by atoms with Gasteiger partial charge in [0.25, 0.3) is 6.21 Å². The van der Waals surface area contributed by atoms with Crippen LogP contribution in [0.2, 0.25) is 0 Å². The summed E-state index contributed by atoms with van der Waals surface area (Å²) in [5.74, 6) is 0. The summed E-state index contributed by atoms with van der Waals surface area (Å²) in [6.07, 6.45) is 1.22. The Bertz CT molecular complexity index is 380. The van der Waals surface area contributed by atoms with Crippen LogP contribution in [0.15, 0.2) is 29.2 Å². The molecule has 0 fully saturated rings. The van der Waals surface area contributed by atoms with E-state index in [-0.39, 0.29) is 4.90 Å². The van der Waals surface area contributed by atoms with E-state index < -0.39 is 10.7 Å². The van der Waals surface area contributed by atoms with Crippen molar-refractivity contribution in [3.05, 3.63) is 35.4 Å². The van der Waals surface area contributed by atoms with Crippen molar-refractivity contribution in [3.8, 4) is 0 Å². The van der Waals surface area contributed by atoms with Crippen LogP contribution >= 0.6 is 0 Å². The van der Waals surface area contributed by atoms with Crippen molar-refractivity contribution in [1.29, 1.82) is 0 Å². The maximum atomic E-state index is 10.4. The van der Waals surface area contributed by atoms with Gasteiger partial charge in [-0.1, -0.05) is 0 Å². The first-order valence-corrected chi connectivity index (χ1v) is 4.33. The Labute approximate surface area is 71.0 Å². The zero-order chi connectivity index (χ0) is 8.97. The Morgan fingerprint density at radius 2 is 1.83 bits per heavy atom. The first-order chi connectivity index (χ1) is 5.74. The average molecular weight is 182 g/mol. The van der Waals surface area contributed by atoms with Gasteiger partial charge in [0.15, 0.2) is 10.7 Å². The molecular formula is C7H6N2O2S. The number of hydrogen-bond donors (Lipinski definition) is 1. The molecule has 0 spiro atoms. The zero-order valence-electron chi connectivity index (χ0n) is 6.04. The third-order valence-corrected chi connectivity index (χ3v) is 2.03. The fraction of sp³-hybridized carbons (Fsp3) is 0. The molecule has 0 heterocycles. The lowest BCUT2D eigenvalue weighted by Crippen LogP contribution is -1.83. The van der Waals surface area contributed by atoms with Crippen LogP contribution in [0, 0.1) is 0 Å². The summed E-state index contributed by atoms with van der Waals surface area (Å²) in [5.41, 5.74) is 8.80. The third kappa shape index (κ3) is 2.02. The highest BCUT2D eigenvalue weighted by atomic mass is 32.2. The molecule has 1 aromatic carbocycles. The van der Waals surface area contributed by atoms with Gasteiger partial charge in [-0.05, 0) is 24.3 Å². The molecule has 1 rings (SSSR count). The number of rotatable bonds is 2. The summed E-state index contributed by atoms with van der Waals surface area (Å²) in [7, 11) is -2.52. The van der Waals surface area contributed by atoms with E-state index in [2.05, 4.69) is 4.79 Å². The molecule has 62 valence electrons. The second-order valence-electron chi connectivity index (χ2n) is 2.09. The largest absolute Gasteiger partial charge is 0.361 e. The van der Waals surface area contributed by atoms with Crippen molar-refractivity contribution >= 4 is 16.9 Å². The van der Waals surface area contributed by atoms with Gasteiger partial charge in [0.1, 0.15) is 0 Å². The Balaban J connectivity index is 3.08. The first kappa shape index (κ1) is 8.64. The van der Waals surface area contributed by atoms with E-state index in [9.17, 15) is 8.42 Å². The maximum Gasteiger partial charge on any atom is 0.287 e. The highest BCUT2D eigenvalue weighted by Crippen LogP contribution is 2.02. The van der Waals surface area contributed by atoms with E-state index >= 15 is 0 Å². The molecule has 0 atom stereocenters. The van der Waals surface area contributed by atoms with E-state index in [4.69, 9.17) is 5.53 Å². The van der Waals surface area contributed by atoms with Gasteiger partial charge in [0, 0.05) is 0 Å². The SMILES string of the molecule is [N-]=[N+]=Cc1ccc([SH](=O)=O)cc1. The molecule has 0 aliphatic carbocycles. The Hall–Kier alpha value is -1.45. The van der Waals surface area contributed by atoms with Crippen LogP contribution in [0.1, 0.15) is 5.56 Å². The van der Waals surface area contributed by atoms with Crippen molar-refractivity contribution in [1.82, 2.24) is 0 Å². The summed E-state index contributed by atoms with van der Waals surface area (Å²) in [6, 6.07) is 6.01. The molecule has 1 aromatic rings. The molecule has 0 saturated carbocycles. The quantitative estimate of drug-likeness (QED) is 0.309. The molecule has 0 unspecified atom stereocenters. The predicted octanol–water partition coefficient (Wildman–Crippen LogP) is 0.306. The summed E-state index contributed by atoms with van der Waals surface area (Å²) in [6.45, 7) is 0. The maximum absolute atomic E-state index is 10.4. The molecule has 0 N–H and O–H groups in total. The van der Waals surface area contributed by atoms with Gasteiger partial charge in [-0.15, -0.1) is 0 Å². The standard InChI is InChI=1S/C7H6N2O2S/c8-9-5-6-1-3-7(4-2-6)12(10)11/h1-5,12H. The van der Waals surface area contributed by atoms with Gasteiger partial charge in [-0.2, -0.15) is 4.79 Å². The van der Waals surface area contributed by atoms with Crippen LogP contribution in [0.4, 0.5) is 0 Å². The van der Waals surface area contributed by atoms with E-state index in [1.54, 1.807) is 12.1 Å². The summed E-state index contributed by atoms with van der Waals surface area (Å²) in [5, 5.41) is 0. The lowest BCUT2D eigenvalue weighted by molar-refractivity contribution is 0.00456. The van der Waals surface area contributed by atoms with E-state index in [0.29, 0.717) is 5.56 Å². The van der Waals surface area contributed by atoms with Gasteiger partial charge in [0.05, 0.1) is 10.5 Å². The van der Waals surface area contributed by atoms with Crippen LogP contribution in [0.3, 0.4) is 0 Å². The highest BCUT2D eigenvalue weighted by molar-refractivity contribution is 7.72. The monoisotopic (exact) mass is 182 g/mol. The fourth-order valence-electron chi connectivity index (χ4n) is 0.749. The number of benzene rings is 1. The molecule has 0 amide bonds. The Morgan fingerprint density at radius 1 is 1.25 bits per heavy atom. The van der Waals surface area contributed by atoms with Crippen LogP contribution in [-0.4, -0.2) is 19.4 Å². The van der Waals surface area contributed by atoms with Crippen LogP contribution in [0.5, 0.6) is 0 Å². The summed E-state index contributed by atoms with van der Waals surface area (Å²) < 4.78 is 20.8. The summed E-state index contributed by atoms with van der Waals surface area (Å²) >= 11 is 0. The Kier molecular flexibility index (Phi) is 2.74. The predicted molar refractivity (Wildman–Crippen MR) is 43.8 cm³/mol. The average Bonchev–Trinajstić information content (AvgIpc) is 2.06. The van der Waals surface area contributed by atoms with Crippen LogP contribution in [0.25, 0.3) is 5.53 Å². The van der Waals surface area contributed by atoms with Gasteiger partial charge in [-0.3, -0.25) is 0 Å². The van der Waals surface area contributed by atoms with Crippen LogP contribution < -0.4 is 0 Å². The smallest absolute Gasteiger partial charge is 0.287 e. The highest BCUT2D eigenvalue weighted by Gasteiger charge is 1.95. The number of thiol groups is 1. The molecule has 4 nitrogen and oxygen atoms in total. The van der Waals surface area contributed by atoms with E-state index in [1.807, 2.05) is 0 Å². The molecule has 0 saturated heterocycles. The summed E-state index contributed by atoms with van der Waals surface area (Å²) in [4.78, 5) is 3.05. The molecule has 12 heavy (non-hydrogen) atoms. The number of nitrogens with zero attached hydrogens (tertiary/aromatic N) is 2. The zero-order valence-corrected chi connectivity index (χ0v) is 6.94. The minimum atomic E-state index is -2.52. The third-order valence-electron chi connectivity index (χ3n) is 1.31. The second-order valence-corrected chi connectivity index (χ2v) is 3.12. The molecular weight excluding hydrogens is 176 g/mol. The van der Waals surface area contributed by atoms with Crippen molar-refractivity contribution in [3.63, 3.8) is 0 Å².